The molecule has 1 aromatic heterocycles. The number of nitrogen functional groups attached to an aromatic ring is 1. The van der Waals surface area contributed by atoms with E-state index in [1.807, 2.05) is 0 Å². The first-order valence-corrected chi connectivity index (χ1v) is 2.63. The average Bonchev–Trinajstić information content (AvgIpc) is 1.88. The summed E-state index contributed by atoms with van der Waals surface area (Å²) in [6.07, 6.45) is 1.35. The summed E-state index contributed by atoms with van der Waals surface area (Å²) in [5, 5.41) is 10.2. The largest absolute Gasteiger partial charge is 1.00 e. The van der Waals surface area contributed by atoms with Gasteiger partial charge in [-0.1, -0.05) is 0 Å². The zero-order valence-electron chi connectivity index (χ0n) is 6.07. The minimum atomic E-state index is -1.35. The summed E-state index contributed by atoms with van der Waals surface area (Å²) in [6, 6.07) is 3.01. The van der Waals surface area contributed by atoms with Gasteiger partial charge in [-0.3, -0.25) is 4.98 Å². The number of carboxylic acid groups (broad SMARTS) is 1. The van der Waals surface area contributed by atoms with Crippen LogP contribution in [0.25, 0.3) is 0 Å². The number of hydrogen-bond donors (Lipinski definition) is 1. The van der Waals surface area contributed by atoms with Gasteiger partial charge in [0.25, 0.3) is 0 Å². The molecule has 0 spiro atoms. The van der Waals surface area contributed by atoms with Gasteiger partial charge in [-0.05, 0) is 12.1 Å². The van der Waals surface area contributed by atoms with Crippen molar-refractivity contribution in [2.45, 2.75) is 0 Å². The monoisotopic (exact) mass is 176 g/mol. The third kappa shape index (κ3) is 2.88. The summed E-state index contributed by atoms with van der Waals surface area (Å²) in [5.74, 6) is -1.35. The third-order valence-corrected chi connectivity index (χ3v) is 1.03. The number of carbonyl (C=O) groups excluding carboxylic acids is 1. The average molecular weight is 176 g/mol. The molecule has 0 saturated carbocycles. The zero-order chi connectivity index (χ0) is 7.56. The second kappa shape index (κ2) is 4.84. The molecule has 4 nitrogen and oxygen atoms in total. The van der Waals surface area contributed by atoms with Crippen LogP contribution in [0.3, 0.4) is 0 Å². The topological polar surface area (TPSA) is 79.0 Å². The molecule has 52 valence electrons. The van der Waals surface area contributed by atoms with Crippen LogP contribution in [-0.4, -0.2) is 11.0 Å². The van der Waals surface area contributed by atoms with Crippen LogP contribution in [0.15, 0.2) is 18.3 Å². The number of anilines is 1. The first kappa shape index (κ1) is 11.1. The Bertz CT molecular complexity index is 265. The fraction of sp³-hybridized carbons (Fsp3) is 0. The van der Waals surface area contributed by atoms with Crippen molar-refractivity contribution in [3.8, 4) is 0 Å². The maximum atomic E-state index is 10.2. The molecule has 2 N–H and O–H groups in total. The summed E-state index contributed by atoms with van der Waals surface area (Å²) < 4.78 is 0. The van der Waals surface area contributed by atoms with E-state index in [-0.39, 0.29) is 62.8 Å². The molecular formula is C6H5KN2O2. The standard InChI is InChI=1S/C6H6N2O2.K/c7-4-2-1-3-8-5(4)6(9)10;/h1-3H,7H2,(H,9,10);/q;+1/p-1. The van der Waals surface area contributed by atoms with E-state index in [9.17, 15) is 9.90 Å². The van der Waals surface area contributed by atoms with Crippen molar-refractivity contribution in [2.24, 2.45) is 0 Å². The molecular weight excluding hydrogens is 171 g/mol. The second-order valence-electron chi connectivity index (χ2n) is 1.73. The van der Waals surface area contributed by atoms with Gasteiger partial charge >= 0.3 is 51.4 Å². The van der Waals surface area contributed by atoms with Crippen molar-refractivity contribution in [1.82, 2.24) is 4.98 Å². The smallest absolute Gasteiger partial charge is 0.543 e. The number of carbonyl (C=O) groups is 1. The minimum absolute atomic E-state index is 0. The van der Waals surface area contributed by atoms with Crippen molar-refractivity contribution < 1.29 is 61.3 Å². The van der Waals surface area contributed by atoms with E-state index in [1.165, 1.54) is 12.3 Å². The SMILES string of the molecule is Nc1cccnc1C(=O)[O-].[K+]. The summed E-state index contributed by atoms with van der Waals surface area (Å²) in [5.41, 5.74) is 5.16. The van der Waals surface area contributed by atoms with E-state index < -0.39 is 5.97 Å². The van der Waals surface area contributed by atoms with Crippen molar-refractivity contribution in [3.63, 3.8) is 0 Å². The fourth-order valence-corrected chi connectivity index (χ4v) is 0.588. The summed E-state index contributed by atoms with van der Waals surface area (Å²) in [6.45, 7) is 0. The number of carboxylic acids is 1. The summed E-state index contributed by atoms with van der Waals surface area (Å²) >= 11 is 0. The van der Waals surface area contributed by atoms with Gasteiger partial charge in [-0.25, -0.2) is 0 Å². The number of aromatic nitrogens is 1. The van der Waals surface area contributed by atoms with Gasteiger partial charge in [0.05, 0.1) is 11.7 Å². The van der Waals surface area contributed by atoms with Gasteiger partial charge in [0.1, 0.15) is 5.69 Å². The van der Waals surface area contributed by atoms with E-state index in [0.717, 1.165) is 0 Å². The van der Waals surface area contributed by atoms with E-state index >= 15 is 0 Å². The molecule has 0 unspecified atom stereocenters. The Balaban J connectivity index is 0.000001000. The van der Waals surface area contributed by atoms with Crippen LogP contribution in [0.1, 0.15) is 10.5 Å². The number of nitrogens with zero attached hydrogens (tertiary/aromatic N) is 1. The van der Waals surface area contributed by atoms with Crippen molar-refractivity contribution in [3.05, 3.63) is 24.0 Å². The first-order valence-electron chi connectivity index (χ1n) is 2.63. The van der Waals surface area contributed by atoms with Crippen LogP contribution in [0.4, 0.5) is 5.69 Å². The molecule has 0 bridgehead atoms. The Morgan fingerprint density at radius 1 is 1.64 bits per heavy atom. The molecule has 11 heavy (non-hydrogen) atoms. The number of pyridine rings is 1. The van der Waals surface area contributed by atoms with Crippen molar-refractivity contribution in [2.75, 3.05) is 5.73 Å². The normalized spacial score (nSPS) is 8.36. The zero-order valence-corrected chi connectivity index (χ0v) is 9.20. The molecule has 0 aliphatic carbocycles. The molecule has 0 radical (unpaired) electrons. The Morgan fingerprint density at radius 3 is 2.64 bits per heavy atom. The van der Waals surface area contributed by atoms with Gasteiger partial charge < -0.3 is 15.6 Å². The van der Waals surface area contributed by atoms with Crippen molar-refractivity contribution in [1.29, 1.82) is 0 Å². The van der Waals surface area contributed by atoms with Crippen LogP contribution < -0.4 is 62.2 Å². The number of aromatic carboxylic acids is 1. The molecule has 0 amide bonds. The van der Waals surface area contributed by atoms with E-state index in [1.54, 1.807) is 6.07 Å². The molecule has 0 aliphatic rings. The van der Waals surface area contributed by atoms with E-state index in [2.05, 4.69) is 4.98 Å². The van der Waals surface area contributed by atoms with E-state index in [4.69, 9.17) is 5.73 Å². The molecule has 0 atom stereocenters. The molecule has 1 aromatic rings. The molecule has 5 heteroatoms. The van der Waals surface area contributed by atoms with Gasteiger partial charge in [-0.15, -0.1) is 0 Å². The molecule has 0 aliphatic heterocycles. The van der Waals surface area contributed by atoms with Gasteiger partial charge in [0.15, 0.2) is 0 Å². The summed E-state index contributed by atoms with van der Waals surface area (Å²) in [7, 11) is 0. The maximum Gasteiger partial charge on any atom is 1.00 e. The van der Waals surface area contributed by atoms with Gasteiger partial charge in [0, 0.05) is 6.20 Å². The predicted molar refractivity (Wildman–Crippen MR) is 33.0 cm³/mol. The van der Waals surface area contributed by atoms with Gasteiger partial charge in [0.2, 0.25) is 0 Å². The second-order valence-corrected chi connectivity index (χ2v) is 1.73. The Labute approximate surface area is 106 Å². The van der Waals surface area contributed by atoms with Crippen LogP contribution in [0.5, 0.6) is 0 Å². The maximum absolute atomic E-state index is 10.2. The van der Waals surface area contributed by atoms with Crippen LogP contribution in [-0.2, 0) is 0 Å². The van der Waals surface area contributed by atoms with Crippen LogP contribution >= 0.6 is 0 Å². The first-order chi connectivity index (χ1) is 4.72. The fourth-order valence-electron chi connectivity index (χ4n) is 0.588. The molecule has 0 aromatic carbocycles. The number of hydrogen-bond acceptors (Lipinski definition) is 4. The van der Waals surface area contributed by atoms with Crippen LogP contribution in [0, 0.1) is 0 Å². The summed E-state index contributed by atoms with van der Waals surface area (Å²) in [4.78, 5) is 13.7. The Hall–Kier alpha value is 0.0564. The van der Waals surface area contributed by atoms with Gasteiger partial charge in [-0.2, -0.15) is 0 Å². The third-order valence-electron chi connectivity index (χ3n) is 1.03. The van der Waals surface area contributed by atoms with E-state index in [0.29, 0.717) is 0 Å². The number of rotatable bonds is 1. The predicted octanol–water partition coefficient (Wildman–Crippen LogP) is -3.97. The minimum Gasteiger partial charge on any atom is -0.543 e. The number of nitrogens with two attached hydrogens (primary N) is 1. The Kier molecular flexibility index (Phi) is 4.86. The quantitative estimate of drug-likeness (QED) is 0.443. The molecule has 0 saturated heterocycles. The Morgan fingerprint density at radius 2 is 2.27 bits per heavy atom. The van der Waals surface area contributed by atoms with Crippen LogP contribution in [0.2, 0.25) is 0 Å². The molecule has 0 fully saturated rings. The molecule has 1 rings (SSSR count). The van der Waals surface area contributed by atoms with Crippen molar-refractivity contribution >= 4 is 11.7 Å². The molecule has 1 heterocycles.